The summed E-state index contributed by atoms with van der Waals surface area (Å²) in [6.07, 6.45) is 1.78. The Labute approximate surface area is 162 Å². The van der Waals surface area contributed by atoms with Gasteiger partial charge in [0.05, 0.1) is 24.9 Å². The highest BCUT2D eigenvalue weighted by Crippen LogP contribution is 2.49. The van der Waals surface area contributed by atoms with Gasteiger partial charge in [-0.05, 0) is 12.8 Å². The Balaban J connectivity index is 1.74. The summed E-state index contributed by atoms with van der Waals surface area (Å²) in [5.41, 5.74) is -0.657. The van der Waals surface area contributed by atoms with Gasteiger partial charge in [0.25, 0.3) is 0 Å². The topological polar surface area (TPSA) is 88.2 Å². The van der Waals surface area contributed by atoms with Gasteiger partial charge >= 0.3 is 0 Å². The number of piperazine rings is 1. The lowest BCUT2D eigenvalue weighted by atomic mass is 10.0. The number of halogens is 1. The second kappa shape index (κ2) is 7.64. The van der Waals surface area contributed by atoms with E-state index in [0.717, 1.165) is 6.41 Å². The summed E-state index contributed by atoms with van der Waals surface area (Å²) < 4.78 is 10.5. The van der Waals surface area contributed by atoms with Crippen LogP contribution in [0.25, 0.3) is 0 Å². The van der Waals surface area contributed by atoms with Crippen molar-refractivity contribution in [3.8, 4) is 11.5 Å². The van der Waals surface area contributed by atoms with E-state index < -0.39 is 5.41 Å². The lowest BCUT2D eigenvalue weighted by Crippen LogP contribution is -2.52. The zero-order valence-corrected chi connectivity index (χ0v) is 16.0. The van der Waals surface area contributed by atoms with Crippen molar-refractivity contribution in [2.75, 3.05) is 45.7 Å². The van der Waals surface area contributed by atoms with Crippen LogP contribution < -0.4 is 14.8 Å². The number of carbonyl (C=O) groups is 3. The quantitative estimate of drug-likeness (QED) is 0.580. The smallest absolute Gasteiger partial charge is 0.240 e. The maximum atomic E-state index is 12.9. The number of anilines is 1. The van der Waals surface area contributed by atoms with Crippen molar-refractivity contribution in [1.82, 2.24) is 9.80 Å². The Morgan fingerprint density at radius 1 is 1.11 bits per heavy atom. The molecule has 1 aliphatic carbocycles. The maximum Gasteiger partial charge on any atom is 0.240 e. The molecule has 27 heavy (non-hydrogen) atoms. The molecule has 2 fully saturated rings. The molecule has 0 bridgehead atoms. The molecule has 3 amide bonds. The van der Waals surface area contributed by atoms with E-state index in [1.165, 1.54) is 14.2 Å². The van der Waals surface area contributed by atoms with Gasteiger partial charge in [-0.25, -0.2) is 0 Å². The standard InChI is InChI=1S/C18H22ClN3O5/c1-26-14-10-13(15(27-2)9-12(14)19)20-16(24)18(3-4-18)17(25)22-7-5-21(11-23)6-8-22/h9-11H,3-8H2,1-2H3,(H,20,24). The molecule has 1 aromatic rings. The van der Waals surface area contributed by atoms with Crippen LogP contribution in [-0.2, 0) is 14.4 Å². The van der Waals surface area contributed by atoms with Gasteiger partial charge in [-0.3, -0.25) is 14.4 Å². The number of hydrogen-bond acceptors (Lipinski definition) is 5. The van der Waals surface area contributed by atoms with Gasteiger partial charge in [0.1, 0.15) is 16.9 Å². The molecular formula is C18H22ClN3O5. The highest BCUT2D eigenvalue weighted by Gasteiger charge is 2.58. The van der Waals surface area contributed by atoms with Crippen molar-refractivity contribution in [2.24, 2.45) is 5.41 Å². The van der Waals surface area contributed by atoms with E-state index in [0.29, 0.717) is 61.2 Å². The molecule has 0 spiro atoms. The van der Waals surface area contributed by atoms with Crippen molar-refractivity contribution in [1.29, 1.82) is 0 Å². The van der Waals surface area contributed by atoms with Gasteiger partial charge in [-0.1, -0.05) is 11.6 Å². The Hall–Kier alpha value is -2.48. The van der Waals surface area contributed by atoms with Crippen molar-refractivity contribution in [2.45, 2.75) is 12.8 Å². The summed E-state index contributed by atoms with van der Waals surface area (Å²) in [7, 11) is 2.95. The first-order chi connectivity index (χ1) is 12.9. The van der Waals surface area contributed by atoms with Crippen LogP contribution in [0.5, 0.6) is 11.5 Å². The lowest BCUT2D eigenvalue weighted by molar-refractivity contribution is -0.144. The molecule has 9 heteroatoms. The van der Waals surface area contributed by atoms with Gasteiger partial charge in [0, 0.05) is 38.3 Å². The highest BCUT2D eigenvalue weighted by atomic mass is 35.5. The third-order valence-electron chi connectivity index (χ3n) is 5.07. The second-order valence-corrected chi connectivity index (χ2v) is 7.06. The first-order valence-corrected chi connectivity index (χ1v) is 9.04. The minimum Gasteiger partial charge on any atom is -0.495 e. The van der Waals surface area contributed by atoms with E-state index >= 15 is 0 Å². The van der Waals surface area contributed by atoms with E-state index in [4.69, 9.17) is 21.1 Å². The van der Waals surface area contributed by atoms with Crippen molar-refractivity contribution in [3.05, 3.63) is 17.2 Å². The zero-order chi connectivity index (χ0) is 19.6. The monoisotopic (exact) mass is 395 g/mol. The fourth-order valence-electron chi connectivity index (χ4n) is 3.20. The second-order valence-electron chi connectivity index (χ2n) is 6.66. The molecule has 1 aromatic carbocycles. The molecule has 146 valence electrons. The van der Waals surface area contributed by atoms with Gasteiger partial charge in [0.15, 0.2) is 0 Å². The summed E-state index contributed by atoms with van der Waals surface area (Å²) >= 11 is 6.09. The molecule has 8 nitrogen and oxygen atoms in total. The van der Waals surface area contributed by atoms with Crippen LogP contribution in [0.4, 0.5) is 5.69 Å². The van der Waals surface area contributed by atoms with Gasteiger partial charge in [0.2, 0.25) is 18.2 Å². The fraction of sp³-hybridized carbons (Fsp3) is 0.500. The first kappa shape index (κ1) is 19.3. The largest absolute Gasteiger partial charge is 0.495 e. The van der Waals surface area contributed by atoms with Crippen LogP contribution in [0.2, 0.25) is 5.02 Å². The number of carbonyl (C=O) groups excluding carboxylic acids is 3. The van der Waals surface area contributed by atoms with E-state index in [1.54, 1.807) is 21.9 Å². The molecule has 0 atom stereocenters. The molecule has 0 radical (unpaired) electrons. The molecule has 0 unspecified atom stereocenters. The third kappa shape index (κ3) is 3.66. The number of rotatable bonds is 6. The van der Waals surface area contributed by atoms with Gasteiger partial charge in [-0.15, -0.1) is 0 Å². The fourth-order valence-corrected chi connectivity index (χ4v) is 3.43. The van der Waals surface area contributed by atoms with Crippen LogP contribution in [0.15, 0.2) is 12.1 Å². The summed E-state index contributed by atoms with van der Waals surface area (Å²) in [6, 6.07) is 3.12. The number of methoxy groups -OCH3 is 2. The summed E-state index contributed by atoms with van der Waals surface area (Å²) in [6.45, 7) is 1.83. The first-order valence-electron chi connectivity index (χ1n) is 8.67. The molecule has 1 heterocycles. The van der Waals surface area contributed by atoms with Crippen LogP contribution in [0.3, 0.4) is 0 Å². The number of hydrogen-bond donors (Lipinski definition) is 1. The lowest BCUT2D eigenvalue weighted by Gasteiger charge is -2.34. The normalized spacial score (nSPS) is 17.9. The zero-order valence-electron chi connectivity index (χ0n) is 15.3. The maximum absolute atomic E-state index is 12.9. The van der Waals surface area contributed by atoms with Crippen LogP contribution >= 0.6 is 11.6 Å². The van der Waals surface area contributed by atoms with Gasteiger partial charge < -0.3 is 24.6 Å². The molecule has 1 aliphatic heterocycles. The number of benzene rings is 1. The van der Waals surface area contributed by atoms with Crippen molar-refractivity contribution in [3.63, 3.8) is 0 Å². The van der Waals surface area contributed by atoms with Crippen molar-refractivity contribution >= 4 is 35.5 Å². The Morgan fingerprint density at radius 3 is 2.26 bits per heavy atom. The number of ether oxygens (including phenoxy) is 2. The number of nitrogens with one attached hydrogen (secondary N) is 1. The predicted molar refractivity (Wildman–Crippen MR) is 99.1 cm³/mol. The third-order valence-corrected chi connectivity index (χ3v) is 5.36. The molecule has 3 rings (SSSR count). The van der Waals surface area contributed by atoms with Gasteiger partial charge in [-0.2, -0.15) is 0 Å². The minimum absolute atomic E-state index is 0.189. The van der Waals surface area contributed by atoms with Crippen LogP contribution in [0.1, 0.15) is 12.8 Å². The van der Waals surface area contributed by atoms with E-state index in [1.807, 2.05) is 0 Å². The summed E-state index contributed by atoms with van der Waals surface area (Å²) in [5.74, 6) is 0.226. The van der Waals surface area contributed by atoms with Crippen molar-refractivity contribution < 1.29 is 23.9 Å². The number of nitrogens with zero attached hydrogens (tertiary/aromatic N) is 2. The number of amides is 3. The van der Waals surface area contributed by atoms with E-state index in [-0.39, 0.29) is 11.8 Å². The Morgan fingerprint density at radius 2 is 1.74 bits per heavy atom. The summed E-state index contributed by atoms with van der Waals surface area (Å²) in [4.78, 5) is 39.9. The predicted octanol–water partition coefficient (Wildman–Crippen LogP) is 1.38. The molecule has 1 saturated carbocycles. The van der Waals surface area contributed by atoms with Crippen LogP contribution in [0, 0.1) is 5.41 Å². The van der Waals surface area contributed by atoms with E-state index in [9.17, 15) is 14.4 Å². The molecule has 0 aromatic heterocycles. The molecule has 1 N–H and O–H groups in total. The highest BCUT2D eigenvalue weighted by molar-refractivity contribution is 6.32. The molecular weight excluding hydrogens is 374 g/mol. The van der Waals surface area contributed by atoms with Crippen LogP contribution in [-0.4, -0.2) is 68.4 Å². The minimum atomic E-state index is -1.05. The Bertz CT molecular complexity index is 758. The average Bonchev–Trinajstić information content (AvgIpc) is 3.50. The Kier molecular flexibility index (Phi) is 5.46. The summed E-state index contributed by atoms with van der Waals surface area (Å²) in [5, 5.41) is 3.15. The molecule has 2 aliphatic rings. The SMILES string of the molecule is COc1cc(NC(=O)C2(C(=O)N3CCN(C=O)CC3)CC2)c(OC)cc1Cl. The van der Waals surface area contributed by atoms with E-state index in [2.05, 4.69) is 5.32 Å². The molecule has 1 saturated heterocycles. The average molecular weight is 396 g/mol.